The van der Waals surface area contributed by atoms with Gasteiger partial charge < -0.3 is 23.7 Å². The number of morpholine rings is 1. The maximum atomic E-state index is 12.4. The molecule has 0 amide bonds. The quantitative estimate of drug-likeness (QED) is 0.0444. The van der Waals surface area contributed by atoms with Gasteiger partial charge >= 0.3 is 11.9 Å². The summed E-state index contributed by atoms with van der Waals surface area (Å²) < 4.78 is 30.2. The number of unbranched alkanes of at least 4 members (excludes halogenated alkanes) is 18. The van der Waals surface area contributed by atoms with Crippen LogP contribution in [0.5, 0.6) is 0 Å². The van der Waals surface area contributed by atoms with Gasteiger partial charge in [-0.2, -0.15) is 0 Å². The van der Waals surface area contributed by atoms with Gasteiger partial charge in [-0.05, 0) is 50.4 Å². The van der Waals surface area contributed by atoms with Crippen LogP contribution in [-0.2, 0) is 33.3 Å². The number of esters is 2. The second kappa shape index (κ2) is 38.3. The van der Waals surface area contributed by atoms with Crippen LogP contribution in [-0.4, -0.2) is 81.4 Å². The smallest absolute Gasteiger partial charge is 0.305 e. The Hall–Kier alpha value is -1.22. The molecule has 0 spiro atoms. The number of carbonyl (C=O) groups is 2. The Balaban J connectivity index is 1.61. The molecule has 0 radical (unpaired) electrons. The second-order valence-electron chi connectivity index (χ2n) is 18.9. The molecule has 2 fully saturated rings. The Morgan fingerprint density at radius 3 is 1.35 bits per heavy atom. The Kier molecular flexibility index (Phi) is 35.0. The molecule has 0 saturated carbocycles. The molecule has 0 N–H and O–H groups in total. The molecule has 0 aromatic heterocycles. The largest absolute Gasteiger partial charge is 0.466 e. The van der Waals surface area contributed by atoms with Gasteiger partial charge in [0.2, 0.25) is 0 Å². The van der Waals surface area contributed by atoms with Crippen molar-refractivity contribution in [3.63, 3.8) is 0 Å². The van der Waals surface area contributed by atoms with Gasteiger partial charge in [-0.25, -0.2) is 0 Å². The van der Waals surface area contributed by atoms with Crippen LogP contribution < -0.4 is 0 Å². The molecular weight excluding hydrogens is 751 g/mol. The van der Waals surface area contributed by atoms with Crippen molar-refractivity contribution in [2.75, 3.05) is 52.7 Å². The molecule has 60 heavy (non-hydrogen) atoms. The number of nitrogens with zero attached hydrogens (tertiary/aromatic N) is 1. The van der Waals surface area contributed by atoms with Gasteiger partial charge in [0, 0.05) is 45.3 Å². The highest BCUT2D eigenvalue weighted by Gasteiger charge is 2.41. The van der Waals surface area contributed by atoms with Crippen LogP contribution in [0.4, 0.5) is 0 Å². The van der Waals surface area contributed by atoms with Gasteiger partial charge in [-0.15, -0.1) is 0 Å². The van der Waals surface area contributed by atoms with E-state index in [9.17, 15) is 9.59 Å². The first-order valence-electron chi connectivity index (χ1n) is 26.4. The Bertz CT molecular complexity index is 909. The lowest BCUT2D eigenvalue weighted by Gasteiger charge is -2.31. The Morgan fingerprint density at radius 1 is 0.533 bits per heavy atom. The molecule has 0 aromatic rings. The van der Waals surface area contributed by atoms with Gasteiger partial charge in [-0.1, -0.05) is 182 Å². The van der Waals surface area contributed by atoms with E-state index >= 15 is 0 Å². The van der Waals surface area contributed by atoms with E-state index in [-0.39, 0.29) is 18.0 Å². The van der Waals surface area contributed by atoms with Crippen LogP contribution in [0.3, 0.4) is 0 Å². The lowest BCUT2D eigenvalue weighted by molar-refractivity contribution is -0.181. The molecule has 8 nitrogen and oxygen atoms in total. The molecule has 8 heteroatoms. The topological polar surface area (TPSA) is 83.5 Å². The summed E-state index contributed by atoms with van der Waals surface area (Å²) in [6, 6.07) is 0. The minimum absolute atomic E-state index is 0.00949. The van der Waals surface area contributed by atoms with E-state index in [1.54, 1.807) is 0 Å². The van der Waals surface area contributed by atoms with Gasteiger partial charge in [0.05, 0.1) is 39.1 Å². The summed E-state index contributed by atoms with van der Waals surface area (Å²) >= 11 is 0. The average Bonchev–Trinajstić information content (AvgIpc) is 3.65. The summed E-state index contributed by atoms with van der Waals surface area (Å²) in [6.45, 7) is 15.4. The molecule has 0 bridgehead atoms. The van der Waals surface area contributed by atoms with Crippen molar-refractivity contribution in [1.82, 2.24) is 4.90 Å². The third-order valence-electron chi connectivity index (χ3n) is 13.3. The third kappa shape index (κ3) is 29.2. The number of ether oxygens (including phenoxy) is 5. The first kappa shape index (κ1) is 54.9. The maximum Gasteiger partial charge on any atom is 0.305 e. The first-order valence-corrected chi connectivity index (χ1v) is 26.4. The van der Waals surface area contributed by atoms with Crippen LogP contribution in [0.15, 0.2) is 0 Å². The van der Waals surface area contributed by atoms with Gasteiger partial charge in [0.15, 0.2) is 5.79 Å². The first-order chi connectivity index (χ1) is 29.4. The molecule has 2 heterocycles. The highest BCUT2D eigenvalue weighted by atomic mass is 16.7. The molecule has 2 saturated heterocycles. The average molecular weight is 850 g/mol. The zero-order valence-electron chi connectivity index (χ0n) is 40.2. The van der Waals surface area contributed by atoms with Crippen molar-refractivity contribution in [3.8, 4) is 0 Å². The van der Waals surface area contributed by atoms with E-state index in [0.717, 1.165) is 110 Å². The molecule has 2 rings (SSSR count). The van der Waals surface area contributed by atoms with Gasteiger partial charge in [0.25, 0.3) is 0 Å². The molecule has 1 unspecified atom stereocenters. The monoisotopic (exact) mass is 850 g/mol. The SMILES string of the molecule is CCCCCC(CCCCC)CCOC(=O)CCCCCCCCC1(CCCCCCCCC(=O)OCCC(CCCCC)CCCCC)OCC(CN2CCOCC2)O1. The van der Waals surface area contributed by atoms with Crippen LogP contribution in [0, 0.1) is 11.8 Å². The summed E-state index contributed by atoms with van der Waals surface area (Å²) in [6.07, 6.45) is 39.1. The predicted molar refractivity (Wildman–Crippen MR) is 249 cm³/mol. The summed E-state index contributed by atoms with van der Waals surface area (Å²) in [7, 11) is 0. The van der Waals surface area contributed by atoms with Gasteiger partial charge in [-0.3, -0.25) is 14.5 Å². The van der Waals surface area contributed by atoms with Gasteiger partial charge in [0.1, 0.15) is 0 Å². The fourth-order valence-electron chi connectivity index (χ4n) is 9.33. The van der Waals surface area contributed by atoms with E-state index in [2.05, 4.69) is 32.6 Å². The lowest BCUT2D eigenvalue weighted by Crippen LogP contribution is -2.42. The summed E-state index contributed by atoms with van der Waals surface area (Å²) in [5.74, 6) is 0.937. The van der Waals surface area contributed by atoms with Crippen molar-refractivity contribution < 1.29 is 33.3 Å². The fourth-order valence-corrected chi connectivity index (χ4v) is 9.33. The lowest BCUT2D eigenvalue weighted by atomic mass is 9.92. The Labute approximate surface area is 371 Å². The molecular formula is C52H99NO7. The number of hydrogen-bond donors (Lipinski definition) is 0. The van der Waals surface area contributed by atoms with E-state index < -0.39 is 5.79 Å². The summed E-state index contributed by atoms with van der Waals surface area (Å²) in [4.78, 5) is 27.3. The minimum atomic E-state index is -0.458. The van der Waals surface area contributed by atoms with E-state index in [1.165, 1.54) is 128 Å². The number of hydrogen-bond acceptors (Lipinski definition) is 8. The molecule has 354 valence electrons. The number of carbonyl (C=O) groups excluding carboxylic acids is 2. The normalized spacial score (nSPS) is 16.9. The molecule has 0 aliphatic carbocycles. The molecule has 1 atom stereocenters. The molecule has 0 aromatic carbocycles. The van der Waals surface area contributed by atoms with E-state index in [0.29, 0.717) is 44.5 Å². The second-order valence-corrected chi connectivity index (χ2v) is 18.9. The van der Waals surface area contributed by atoms with Crippen molar-refractivity contribution in [3.05, 3.63) is 0 Å². The van der Waals surface area contributed by atoms with Crippen molar-refractivity contribution in [2.45, 2.75) is 258 Å². The maximum absolute atomic E-state index is 12.4. The fraction of sp³-hybridized carbons (Fsp3) is 0.962. The standard InChI is InChI=1S/C52H99NO7/c1-5-9-21-29-47(30-22-10-6-2)35-41-57-50(54)33-25-17-13-15-19-27-37-52(59-46-49(60-52)45-53-39-43-56-44-40-53)38-28-20-16-14-18-26-34-51(55)58-42-36-48(31-23-11-7-3)32-24-12-8-4/h47-49H,5-46H2,1-4H3. The van der Waals surface area contributed by atoms with Crippen LogP contribution in [0.2, 0.25) is 0 Å². The highest BCUT2D eigenvalue weighted by molar-refractivity contribution is 5.69. The zero-order valence-corrected chi connectivity index (χ0v) is 40.2. The van der Waals surface area contributed by atoms with E-state index in [4.69, 9.17) is 23.7 Å². The van der Waals surface area contributed by atoms with Crippen molar-refractivity contribution in [2.24, 2.45) is 11.8 Å². The van der Waals surface area contributed by atoms with Crippen LogP contribution in [0.25, 0.3) is 0 Å². The zero-order chi connectivity index (χ0) is 43.2. The highest BCUT2D eigenvalue weighted by Crippen LogP contribution is 2.35. The molecule has 2 aliphatic rings. The minimum Gasteiger partial charge on any atom is -0.466 e. The summed E-state index contributed by atoms with van der Waals surface area (Å²) in [5.41, 5.74) is 0. The van der Waals surface area contributed by atoms with Crippen molar-refractivity contribution >= 4 is 11.9 Å². The summed E-state index contributed by atoms with van der Waals surface area (Å²) in [5, 5.41) is 0. The predicted octanol–water partition coefficient (Wildman–Crippen LogP) is 14.1. The molecule has 2 aliphatic heterocycles. The van der Waals surface area contributed by atoms with E-state index in [1.807, 2.05) is 0 Å². The van der Waals surface area contributed by atoms with Crippen molar-refractivity contribution in [1.29, 1.82) is 0 Å². The third-order valence-corrected chi connectivity index (χ3v) is 13.3. The van der Waals surface area contributed by atoms with Crippen LogP contribution >= 0.6 is 0 Å². The number of rotatable bonds is 42. The van der Waals surface area contributed by atoms with Crippen LogP contribution in [0.1, 0.15) is 246 Å². The Morgan fingerprint density at radius 2 is 0.933 bits per heavy atom.